The Hall–Kier alpha value is -3.75. The Bertz CT molecular complexity index is 888. The van der Waals surface area contributed by atoms with Crippen molar-refractivity contribution in [3.63, 3.8) is 0 Å². The molecule has 0 aromatic carbocycles. The Balaban J connectivity index is 2.02. The number of rotatable bonds is 3. The number of nitrogens with zero attached hydrogens (tertiary/aromatic N) is 9. The fraction of sp³-hybridized carbons (Fsp3) is 0. The molecule has 0 fully saturated rings. The summed E-state index contributed by atoms with van der Waals surface area (Å²) in [6.45, 7) is 0. The quantitative estimate of drug-likeness (QED) is 0.550. The van der Waals surface area contributed by atoms with E-state index in [1.54, 1.807) is 55.4 Å². The fourth-order valence-corrected chi connectivity index (χ4v) is 2.12. The number of aromatic nitrogens is 9. The Morgan fingerprint density at radius 1 is 0.458 bits per heavy atom. The average Bonchev–Trinajstić information content (AvgIpc) is 2.69. The lowest BCUT2D eigenvalue weighted by atomic mass is 10.1. The molecule has 0 aliphatic carbocycles. The molecule has 0 aliphatic heterocycles. The van der Waals surface area contributed by atoms with Crippen LogP contribution in [-0.4, -0.2) is 45.3 Å². The molecule has 0 saturated carbocycles. The third-order valence-electron chi connectivity index (χ3n) is 3.11. The van der Waals surface area contributed by atoms with Crippen molar-refractivity contribution in [2.75, 3.05) is 0 Å². The predicted molar refractivity (Wildman–Crippen MR) is 82.9 cm³/mol. The van der Waals surface area contributed by atoms with Gasteiger partial charge in [0.25, 0.3) is 0 Å². The molecule has 0 unspecified atom stereocenters. The Morgan fingerprint density at radius 3 is 1.25 bits per heavy atom. The van der Waals surface area contributed by atoms with Crippen molar-refractivity contribution in [1.29, 1.82) is 0 Å². The molecular formula is C15H9N9. The van der Waals surface area contributed by atoms with E-state index < -0.39 is 0 Å². The average molecular weight is 315 g/mol. The van der Waals surface area contributed by atoms with Gasteiger partial charge in [-0.05, 0) is 23.4 Å². The third kappa shape index (κ3) is 2.54. The Kier molecular flexibility index (Phi) is 3.57. The molecule has 4 rings (SSSR count). The van der Waals surface area contributed by atoms with Gasteiger partial charge in [0, 0.05) is 37.2 Å². The lowest BCUT2D eigenvalue weighted by Crippen LogP contribution is -2.05. The second-order valence-corrected chi connectivity index (χ2v) is 4.58. The maximum absolute atomic E-state index is 4.29. The maximum atomic E-state index is 4.29. The molecule has 0 bridgehead atoms. The molecule has 4 heterocycles. The third-order valence-corrected chi connectivity index (χ3v) is 3.11. The molecule has 24 heavy (non-hydrogen) atoms. The van der Waals surface area contributed by atoms with Crippen LogP contribution in [0.3, 0.4) is 0 Å². The van der Waals surface area contributed by atoms with E-state index >= 15 is 0 Å². The second kappa shape index (κ2) is 6.16. The summed E-state index contributed by atoms with van der Waals surface area (Å²) in [4.78, 5) is 25.5. The maximum Gasteiger partial charge on any atom is 0.180 e. The summed E-state index contributed by atoms with van der Waals surface area (Å²) in [6.07, 6.45) is 9.76. The fourth-order valence-electron chi connectivity index (χ4n) is 2.12. The van der Waals surface area contributed by atoms with Crippen LogP contribution in [-0.2, 0) is 0 Å². The van der Waals surface area contributed by atoms with Gasteiger partial charge in [0.1, 0.15) is 11.4 Å². The lowest BCUT2D eigenvalue weighted by Gasteiger charge is -2.08. The zero-order valence-electron chi connectivity index (χ0n) is 12.2. The van der Waals surface area contributed by atoms with E-state index in [-0.39, 0.29) is 0 Å². The van der Waals surface area contributed by atoms with Crippen molar-refractivity contribution < 1.29 is 0 Å². The van der Waals surface area contributed by atoms with Gasteiger partial charge in [0.05, 0.1) is 5.56 Å². The molecule has 0 N–H and O–H groups in total. The zero-order chi connectivity index (χ0) is 16.2. The molecule has 0 radical (unpaired) electrons. The summed E-state index contributed by atoms with van der Waals surface area (Å²) in [5.74, 6) is 1.21. The minimum absolute atomic E-state index is 0.395. The molecule has 0 saturated heterocycles. The van der Waals surface area contributed by atoms with Gasteiger partial charge < -0.3 is 0 Å². The predicted octanol–water partition coefficient (Wildman–Crippen LogP) is 1.24. The van der Waals surface area contributed by atoms with Gasteiger partial charge in [-0.3, -0.25) is 0 Å². The molecule has 9 nitrogen and oxygen atoms in total. The van der Waals surface area contributed by atoms with E-state index in [0.717, 1.165) is 0 Å². The van der Waals surface area contributed by atoms with E-state index in [4.69, 9.17) is 0 Å². The molecule has 0 amide bonds. The van der Waals surface area contributed by atoms with E-state index in [1.807, 2.05) is 0 Å². The van der Waals surface area contributed by atoms with Gasteiger partial charge in [0.2, 0.25) is 0 Å². The van der Waals surface area contributed by atoms with Crippen LogP contribution in [0.5, 0.6) is 0 Å². The standard InChI is InChI=1S/C15H9N9/c1-4-16-13(17-5-1)10-11(14-18-6-2-7-19-14)22-24-23-12(10)15-20-8-3-9-21-15/h1-9H. The first-order valence-electron chi connectivity index (χ1n) is 6.99. The van der Waals surface area contributed by atoms with Crippen LogP contribution >= 0.6 is 0 Å². The summed E-state index contributed by atoms with van der Waals surface area (Å²) < 4.78 is 0. The van der Waals surface area contributed by atoms with Gasteiger partial charge in [-0.25, -0.2) is 29.9 Å². The van der Waals surface area contributed by atoms with Gasteiger partial charge in [0.15, 0.2) is 17.5 Å². The van der Waals surface area contributed by atoms with Gasteiger partial charge >= 0.3 is 0 Å². The summed E-state index contributed by atoms with van der Waals surface area (Å²) in [7, 11) is 0. The van der Waals surface area contributed by atoms with E-state index in [9.17, 15) is 0 Å². The highest BCUT2D eigenvalue weighted by Gasteiger charge is 2.22. The second-order valence-electron chi connectivity index (χ2n) is 4.58. The topological polar surface area (TPSA) is 116 Å². The van der Waals surface area contributed by atoms with Crippen molar-refractivity contribution in [2.24, 2.45) is 0 Å². The van der Waals surface area contributed by atoms with Crippen molar-refractivity contribution >= 4 is 0 Å². The molecule has 0 aliphatic rings. The zero-order valence-corrected chi connectivity index (χ0v) is 12.2. The first-order valence-corrected chi connectivity index (χ1v) is 6.99. The van der Waals surface area contributed by atoms with Gasteiger partial charge in [-0.1, -0.05) is 0 Å². The highest BCUT2D eigenvalue weighted by atomic mass is 15.3. The summed E-state index contributed by atoms with van der Waals surface area (Å²) in [6, 6.07) is 5.17. The molecule has 0 atom stereocenters. The van der Waals surface area contributed by atoms with Crippen LogP contribution < -0.4 is 0 Å². The molecule has 4 aromatic heterocycles. The van der Waals surface area contributed by atoms with Crippen LogP contribution in [0.4, 0.5) is 0 Å². The number of hydrogen-bond acceptors (Lipinski definition) is 9. The highest BCUT2D eigenvalue weighted by molar-refractivity contribution is 5.83. The molecule has 9 heteroatoms. The normalized spacial score (nSPS) is 10.5. The summed E-state index contributed by atoms with van der Waals surface area (Å²) >= 11 is 0. The minimum Gasteiger partial charge on any atom is -0.236 e. The van der Waals surface area contributed by atoms with Crippen molar-refractivity contribution in [3.05, 3.63) is 55.4 Å². The van der Waals surface area contributed by atoms with Crippen molar-refractivity contribution in [1.82, 2.24) is 45.3 Å². The van der Waals surface area contributed by atoms with Gasteiger partial charge in [-0.15, -0.1) is 10.2 Å². The van der Waals surface area contributed by atoms with Crippen molar-refractivity contribution in [2.45, 2.75) is 0 Å². The van der Waals surface area contributed by atoms with Gasteiger partial charge in [-0.2, -0.15) is 0 Å². The first kappa shape index (κ1) is 13.9. The van der Waals surface area contributed by atoms with E-state index in [2.05, 4.69) is 45.3 Å². The number of hydrogen-bond donors (Lipinski definition) is 0. The smallest absolute Gasteiger partial charge is 0.180 e. The SMILES string of the molecule is c1cnc(-c2nnnc(-c3ncccn3)c2-c2ncccn2)nc1. The van der Waals surface area contributed by atoms with Crippen LogP contribution in [0.2, 0.25) is 0 Å². The van der Waals surface area contributed by atoms with E-state index in [1.165, 1.54) is 0 Å². The van der Waals surface area contributed by atoms with Crippen LogP contribution in [0.15, 0.2) is 55.4 Å². The molecular weight excluding hydrogens is 306 g/mol. The largest absolute Gasteiger partial charge is 0.236 e. The summed E-state index contributed by atoms with van der Waals surface area (Å²) in [5.41, 5.74) is 1.36. The summed E-state index contributed by atoms with van der Waals surface area (Å²) in [5, 5.41) is 12.0. The highest BCUT2D eigenvalue weighted by Crippen LogP contribution is 2.31. The Labute approximate surface area is 136 Å². The van der Waals surface area contributed by atoms with Crippen molar-refractivity contribution in [3.8, 4) is 34.4 Å². The Morgan fingerprint density at radius 2 is 0.833 bits per heavy atom. The molecule has 114 valence electrons. The monoisotopic (exact) mass is 315 g/mol. The van der Waals surface area contributed by atoms with Crippen LogP contribution in [0.1, 0.15) is 0 Å². The lowest BCUT2D eigenvalue weighted by molar-refractivity contribution is 0.861. The van der Waals surface area contributed by atoms with Crippen LogP contribution in [0.25, 0.3) is 34.4 Å². The minimum atomic E-state index is 0.395. The van der Waals surface area contributed by atoms with E-state index in [0.29, 0.717) is 34.4 Å². The molecule has 0 spiro atoms. The first-order chi connectivity index (χ1) is 11.9. The molecule has 4 aromatic rings. The van der Waals surface area contributed by atoms with Crippen LogP contribution in [0, 0.1) is 0 Å².